The van der Waals surface area contributed by atoms with E-state index < -0.39 is 0 Å². The van der Waals surface area contributed by atoms with E-state index in [9.17, 15) is 4.79 Å². The van der Waals surface area contributed by atoms with Crippen LogP contribution in [0.3, 0.4) is 0 Å². The molecule has 0 bridgehead atoms. The summed E-state index contributed by atoms with van der Waals surface area (Å²) in [5.41, 5.74) is 1.10. The van der Waals surface area contributed by atoms with Crippen molar-refractivity contribution in [1.29, 1.82) is 0 Å². The minimum atomic E-state index is 0.132. The van der Waals surface area contributed by atoms with Crippen molar-refractivity contribution in [2.45, 2.75) is 25.7 Å². The van der Waals surface area contributed by atoms with Crippen LogP contribution in [0.25, 0.3) is 0 Å². The maximum absolute atomic E-state index is 11.6. The molecule has 1 aliphatic rings. The molecule has 1 aliphatic carbocycles. The zero-order valence-corrected chi connectivity index (χ0v) is 12.2. The first kappa shape index (κ1) is 15.2. The third-order valence-corrected chi connectivity index (χ3v) is 3.59. The third-order valence-electron chi connectivity index (χ3n) is 3.59. The largest absolute Gasteiger partial charge is 0.481 e. The highest BCUT2D eigenvalue weighted by Gasteiger charge is 2.24. The summed E-state index contributed by atoms with van der Waals surface area (Å²) in [6, 6.07) is 7.86. The lowest BCUT2D eigenvalue weighted by Gasteiger charge is -2.23. The second kappa shape index (κ2) is 8.16. The number of amides is 1. The first-order valence-corrected chi connectivity index (χ1v) is 7.36. The summed E-state index contributed by atoms with van der Waals surface area (Å²) in [5.74, 6) is 7.02. The van der Waals surface area contributed by atoms with E-state index in [2.05, 4.69) is 23.7 Å². The average molecular weight is 283 g/mol. The minimum absolute atomic E-state index is 0.132. The second-order valence-electron chi connectivity index (χ2n) is 5.09. The smallest absolute Gasteiger partial charge is 0.223 e. The molecule has 21 heavy (non-hydrogen) atoms. The van der Waals surface area contributed by atoms with Gasteiger partial charge in [0.25, 0.3) is 0 Å². The van der Waals surface area contributed by atoms with E-state index in [4.69, 9.17) is 4.74 Å². The summed E-state index contributed by atoms with van der Waals surface area (Å²) in [6.45, 7) is 4.46. The number of hydrogen-bond donors (Lipinski definition) is 1. The fourth-order valence-electron chi connectivity index (χ4n) is 2.14. The van der Waals surface area contributed by atoms with Crippen LogP contribution in [0.2, 0.25) is 0 Å². The number of carbonyl (C=O) groups is 1. The number of para-hydroxylation sites is 1. The quantitative estimate of drug-likeness (QED) is 0.644. The highest BCUT2D eigenvalue weighted by molar-refractivity contribution is 5.79. The van der Waals surface area contributed by atoms with Crippen molar-refractivity contribution in [3.05, 3.63) is 42.5 Å². The predicted octanol–water partition coefficient (Wildman–Crippen LogP) is 2.71. The Morgan fingerprint density at radius 3 is 2.90 bits per heavy atom. The van der Waals surface area contributed by atoms with Crippen LogP contribution in [0.5, 0.6) is 5.75 Å². The van der Waals surface area contributed by atoms with E-state index in [0.29, 0.717) is 13.2 Å². The predicted molar refractivity (Wildman–Crippen MR) is 84.0 cm³/mol. The monoisotopic (exact) mass is 283 g/mol. The van der Waals surface area contributed by atoms with Gasteiger partial charge in [0.1, 0.15) is 12.4 Å². The molecule has 110 valence electrons. The van der Waals surface area contributed by atoms with Gasteiger partial charge in [0.05, 0.1) is 6.54 Å². The molecule has 1 saturated carbocycles. The molecule has 2 rings (SSSR count). The van der Waals surface area contributed by atoms with Crippen LogP contribution >= 0.6 is 0 Å². The first-order valence-electron chi connectivity index (χ1n) is 7.36. The number of carbonyl (C=O) groups excluding carboxylic acids is 1. The van der Waals surface area contributed by atoms with Gasteiger partial charge in [-0.25, -0.2) is 0 Å². The van der Waals surface area contributed by atoms with E-state index in [0.717, 1.165) is 30.6 Å². The summed E-state index contributed by atoms with van der Waals surface area (Å²) in [7, 11) is 0. The second-order valence-corrected chi connectivity index (χ2v) is 5.09. The fraction of sp³-hybridized carbons (Fsp3) is 0.389. The molecule has 3 nitrogen and oxygen atoms in total. The van der Waals surface area contributed by atoms with Gasteiger partial charge < -0.3 is 10.1 Å². The van der Waals surface area contributed by atoms with Crippen LogP contribution in [-0.2, 0) is 11.2 Å². The number of rotatable bonds is 6. The Labute approximate surface area is 126 Å². The Balaban J connectivity index is 1.70. The molecule has 0 radical (unpaired) electrons. The first-order chi connectivity index (χ1) is 10.3. The van der Waals surface area contributed by atoms with E-state index in [1.54, 1.807) is 0 Å². The van der Waals surface area contributed by atoms with Crippen molar-refractivity contribution in [1.82, 2.24) is 5.32 Å². The van der Waals surface area contributed by atoms with Gasteiger partial charge in [-0.1, -0.05) is 42.5 Å². The topological polar surface area (TPSA) is 38.3 Å². The van der Waals surface area contributed by atoms with Crippen LogP contribution in [-0.4, -0.2) is 19.1 Å². The lowest BCUT2D eigenvalue weighted by Crippen LogP contribution is -2.34. The summed E-state index contributed by atoms with van der Waals surface area (Å²) in [6.07, 6.45) is 5.83. The fourth-order valence-corrected chi connectivity index (χ4v) is 2.14. The molecule has 1 aromatic rings. The van der Waals surface area contributed by atoms with Crippen LogP contribution in [0.1, 0.15) is 24.8 Å². The minimum Gasteiger partial charge on any atom is -0.481 e. The number of hydrogen-bond acceptors (Lipinski definition) is 2. The highest BCUT2D eigenvalue weighted by Crippen LogP contribution is 2.25. The van der Waals surface area contributed by atoms with E-state index >= 15 is 0 Å². The highest BCUT2D eigenvalue weighted by atomic mass is 16.5. The van der Waals surface area contributed by atoms with Gasteiger partial charge in [0.15, 0.2) is 0 Å². The molecule has 3 heteroatoms. The van der Waals surface area contributed by atoms with Crippen molar-refractivity contribution in [2.75, 3.05) is 13.2 Å². The maximum atomic E-state index is 11.6. The van der Waals surface area contributed by atoms with Crippen molar-refractivity contribution in [2.24, 2.45) is 5.92 Å². The maximum Gasteiger partial charge on any atom is 0.223 e. The van der Waals surface area contributed by atoms with Crippen molar-refractivity contribution in [3.63, 3.8) is 0 Å². The zero-order valence-electron chi connectivity index (χ0n) is 12.2. The SMILES string of the molecule is C=CCc1ccccc1OCC#CCNC(=O)C1CCC1. The third kappa shape index (κ3) is 4.68. The van der Waals surface area contributed by atoms with E-state index in [1.807, 2.05) is 30.3 Å². The Kier molecular flexibility index (Phi) is 5.90. The average Bonchev–Trinajstić information content (AvgIpc) is 2.42. The summed E-state index contributed by atoms with van der Waals surface area (Å²) >= 11 is 0. The number of allylic oxidation sites excluding steroid dienone is 1. The molecular weight excluding hydrogens is 262 g/mol. The normalized spacial score (nSPS) is 13.5. The lowest BCUT2D eigenvalue weighted by molar-refractivity contribution is -0.127. The molecule has 0 spiro atoms. The molecule has 1 N–H and O–H groups in total. The molecule has 0 atom stereocenters. The molecule has 1 aromatic carbocycles. The lowest BCUT2D eigenvalue weighted by atomic mass is 9.85. The summed E-state index contributed by atoms with van der Waals surface area (Å²) in [4.78, 5) is 11.6. The number of nitrogens with one attached hydrogen (secondary N) is 1. The van der Waals surface area contributed by atoms with Gasteiger partial charge >= 0.3 is 0 Å². The molecule has 0 unspecified atom stereocenters. The molecule has 0 aliphatic heterocycles. The Hall–Kier alpha value is -2.21. The van der Waals surface area contributed by atoms with Gasteiger partial charge in [0.2, 0.25) is 5.91 Å². The van der Waals surface area contributed by atoms with Crippen LogP contribution in [0.15, 0.2) is 36.9 Å². The molecule has 0 aromatic heterocycles. The Morgan fingerprint density at radius 2 is 2.19 bits per heavy atom. The van der Waals surface area contributed by atoms with Crippen LogP contribution in [0, 0.1) is 17.8 Å². The van der Waals surface area contributed by atoms with Crippen molar-refractivity contribution >= 4 is 5.91 Å². The van der Waals surface area contributed by atoms with Crippen molar-refractivity contribution < 1.29 is 9.53 Å². The molecular formula is C18H21NO2. The molecule has 0 saturated heterocycles. The Morgan fingerprint density at radius 1 is 1.38 bits per heavy atom. The van der Waals surface area contributed by atoms with Crippen molar-refractivity contribution in [3.8, 4) is 17.6 Å². The standard InChI is InChI=1S/C18H21NO2/c1-2-8-15-9-3-4-12-17(15)21-14-6-5-13-19-18(20)16-10-7-11-16/h2-4,9,12,16H,1,7-8,10-11,13-14H2,(H,19,20). The van der Waals surface area contributed by atoms with E-state index in [-0.39, 0.29) is 11.8 Å². The van der Waals surface area contributed by atoms with Crippen LogP contribution < -0.4 is 10.1 Å². The number of ether oxygens (including phenoxy) is 1. The molecule has 1 amide bonds. The number of benzene rings is 1. The summed E-state index contributed by atoms with van der Waals surface area (Å²) < 4.78 is 5.64. The molecule has 1 fully saturated rings. The van der Waals surface area contributed by atoms with Gasteiger partial charge in [-0.3, -0.25) is 4.79 Å². The zero-order chi connectivity index (χ0) is 14.9. The molecule has 0 heterocycles. The Bertz CT molecular complexity index is 550. The van der Waals surface area contributed by atoms with Gasteiger partial charge in [-0.2, -0.15) is 0 Å². The van der Waals surface area contributed by atoms with Gasteiger partial charge in [-0.05, 0) is 30.9 Å². The van der Waals surface area contributed by atoms with Gasteiger partial charge in [0, 0.05) is 5.92 Å². The van der Waals surface area contributed by atoms with Gasteiger partial charge in [-0.15, -0.1) is 6.58 Å². The summed E-state index contributed by atoms with van der Waals surface area (Å²) in [5, 5.41) is 2.83. The van der Waals surface area contributed by atoms with E-state index in [1.165, 1.54) is 6.42 Å². The van der Waals surface area contributed by atoms with Crippen LogP contribution in [0.4, 0.5) is 0 Å².